The Hall–Kier alpha value is -4.36. The molecule has 1 atom stereocenters. The number of halogens is 3. The molecule has 3 heterocycles. The number of hydrogen-bond acceptors (Lipinski definition) is 9. The number of nitrogens with zero attached hydrogens (tertiary/aromatic N) is 2. The van der Waals surface area contributed by atoms with Crippen LogP contribution in [0.3, 0.4) is 0 Å². The van der Waals surface area contributed by atoms with Crippen LogP contribution in [0.25, 0.3) is 21.5 Å². The predicted molar refractivity (Wildman–Crippen MR) is 169 cm³/mol. The first-order chi connectivity index (χ1) is 21.7. The normalized spacial score (nSPS) is 15.1. The second kappa shape index (κ2) is 11.5. The molecule has 0 unspecified atom stereocenters. The SMILES string of the molecule is COc1cc(C(=O)NC[C@@](O)(c2ccccc2)c2cc(C(C)(C)O)cc(-c3ccc4c(c3Cl)OC(F)(F)O4)n2)cc2sc(C)nc12. The maximum absolute atomic E-state index is 13.8. The smallest absolute Gasteiger partial charge is 0.494 e. The molecular weight excluding hydrogens is 640 g/mol. The highest BCUT2D eigenvalue weighted by Crippen LogP contribution is 2.49. The van der Waals surface area contributed by atoms with Gasteiger partial charge < -0.3 is 29.7 Å². The number of alkyl halides is 2. The van der Waals surface area contributed by atoms with Crippen LogP contribution in [0.4, 0.5) is 8.78 Å². The first-order valence-corrected chi connectivity index (χ1v) is 15.2. The minimum absolute atomic E-state index is 0.0544. The molecule has 1 amide bonds. The van der Waals surface area contributed by atoms with Gasteiger partial charge in [0.25, 0.3) is 5.91 Å². The maximum Gasteiger partial charge on any atom is 0.586 e. The number of fused-ring (bicyclic) bond motifs is 2. The van der Waals surface area contributed by atoms with Crippen molar-refractivity contribution >= 4 is 39.1 Å². The van der Waals surface area contributed by atoms with Crippen LogP contribution < -0.4 is 19.5 Å². The van der Waals surface area contributed by atoms with Crippen molar-refractivity contribution in [2.75, 3.05) is 13.7 Å². The Morgan fingerprint density at radius 1 is 1.04 bits per heavy atom. The summed E-state index contributed by atoms with van der Waals surface area (Å²) in [5.74, 6) is -0.660. The Morgan fingerprint density at radius 2 is 1.78 bits per heavy atom. The Balaban J connectivity index is 1.44. The molecule has 5 aromatic rings. The molecule has 1 aliphatic heterocycles. The number of hydrogen-bond donors (Lipinski definition) is 3. The highest BCUT2D eigenvalue weighted by Gasteiger charge is 2.45. The monoisotopic (exact) mass is 667 g/mol. The van der Waals surface area contributed by atoms with Crippen molar-refractivity contribution < 1.29 is 38.0 Å². The number of ether oxygens (including phenoxy) is 3. The molecular formula is C33H28ClF2N3O6S. The van der Waals surface area contributed by atoms with Crippen molar-refractivity contribution in [3.63, 3.8) is 0 Å². The third kappa shape index (κ3) is 5.84. The van der Waals surface area contributed by atoms with E-state index in [0.717, 1.165) is 9.71 Å². The van der Waals surface area contributed by atoms with Gasteiger partial charge in [0.05, 0.1) is 45.4 Å². The van der Waals surface area contributed by atoms with Gasteiger partial charge in [0, 0.05) is 11.1 Å². The van der Waals surface area contributed by atoms with Gasteiger partial charge in [0.1, 0.15) is 16.9 Å². The number of amides is 1. The minimum atomic E-state index is -3.89. The van der Waals surface area contributed by atoms with Crippen molar-refractivity contribution in [2.45, 2.75) is 38.3 Å². The summed E-state index contributed by atoms with van der Waals surface area (Å²) in [6.45, 7) is 4.62. The van der Waals surface area contributed by atoms with Gasteiger partial charge in [0.15, 0.2) is 11.5 Å². The molecule has 0 aliphatic carbocycles. The van der Waals surface area contributed by atoms with Crippen LogP contribution in [0, 0.1) is 6.92 Å². The quantitative estimate of drug-likeness (QED) is 0.170. The van der Waals surface area contributed by atoms with Crippen LogP contribution >= 0.6 is 22.9 Å². The topological polar surface area (TPSA) is 123 Å². The molecule has 0 saturated carbocycles. The summed E-state index contributed by atoms with van der Waals surface area (Å²) < 4.78 is 43.1. The van der Waals surface area contributed by atoms with E-state index in [9.17, 15) is 23.8 Å². The largest absolute Gasteiger partial charge is 0.586 e. The summed E-state index contributed by atoms with van der Waals surface area (Å²) in [5, 5.41) is 26.9. The van der Waals surface area contributed by atoms with Gasteiger partial charge in [-0.3, -0.25) is 4.79 Å². The third-order valence-electron chi connectivity index (χ3n) is 7.55. The van der Waals surface area contributed by atoms with Crippen molar-refractivity contribution in [3.05, 3.63) is 99.1 Å². The van der Waals surface area contributed by atoms with Gasteiger partial charge in [-0.2, -0.15) is 0 Å². The number of nitrogens with one attached hydrogen (secondary N) is 1. The number of benzene rings is 3. The lowest BCUT2D eigenvalue weighted by Gasteiger charge is -2.31. The van der Waals surface area contributed by atoms with Crippen LogP contribution in [-0.2, 0) is 11.2 Å². The lowest BCUT2D eigenvalue weighted by molar-refractivity contribution is -0.286. The molecule has 238 valence electrons. The first kappa shape index (κ1) is 31.6. The fraction of sp³-hybridized carbons (Fsp3) is 0.242. The zero-order valence-corrected chi connectivity index (χ0v) is 26.6. The van der Waals surface area contributed by atoms with E-state index in [1.54, 1.807) is 56.3 Å². The minimum Gasteiger partial charge on any atom is -0.494 e. The molecule has 2 aromatic heterocycles. The van der Waals surface area contributed by atoms with Crippen LogP contribution in [0.1, 0.15) is 46.0 Å². The zero-order valence-electron chi connectivity index (χ0n) is 25.0. The third-order valence-corrected chi connectivity index (χ3v) is 8.84. The maximum atomic E-state index is 13.8. The highest BCUT2D eigenvalue weighted by atomic mass is 35.5. The molecule has 0 saturated heterocycles. The number of aryl methyl sites for hydroxylation is 1. The lowest BCUT2D eigenvalue weighted by atomic mass is 9.86. The summed E-state index contributed by atoms with van der Waals surface area (Å²) >= 11 is 7.95. The number of carbonyl (C=O) groups excluding carboxylic acids is 1. The molecule has 0 bridgehead atoms. The van der Waals surface area contributed by atoms with Crippen LogP contribution in [0.5, 0.6) is 17.2 Å². The summed E-state index contributed by atoms with van der Waals surface area (Å²) in [6.07, 6.45) is -3.89. The van der Waals surface area contributed by atoms with E-state index in [2.05, 4.69) is 19.8 Å². The average Bonchev–Trinajstić information content (AvgIpc) is 3.56. The van der Waals surface area contributed by atoms with Crippen molar-refractivity contribution in [2.24, 2.45) is 0 Å². The van der Waals surface area contributed by atoms with Crippen LogP contribution in [0.15, 0.2) is 66.7 Å². The van der Waals surface area contributed by atoms with E-state index in [0.29, 0.717) is 28.0 Å². The number of rotatable bonds is 8. The molecule has 1 aliphatic rings. The van der Waals surface area contributed by atoms with Crippen LogP contribution in [0.2, 0.25) is 5.02 Å². The van der Waals surface area contributed by atoms with Gasteiger partial charge in [-0.05, 0) is 68.3 Å². The number of thiazole rings is 1. The molecule has 9 nitrogen and oxygen atoms in total. The zero-order chi connectivity index (χ0) is 33.0. The van der Waals surface area contributed by atoms with Gasteiger partial charge in [-0.15, -0.1) is 20.1 Å². The van der Waals surface area contributed by atoms with Crippen molar-refractivity contribution in [1.29, 1.82) is 0 Å². The van der Waals surface area contributed by atoms with Crippen molar-refractivity contribution in [3.8, 4) is 28.5 Å². The Labute approximate surface area is 271 Å². The summed E-state index contributed by atoms with van der Waals surface area (Å²) in [4.78, 5) is 22.7. The fourth-order valence-corrected chi connectivity index (χ4v) is 6.35. The van der Waals surface area contributed by atoms with Crippen molar-refractivity contribution in [1.82, 2.24) is 15.3 Å². The molecule has 3 N–H and O–H groups in total. The van der Waals surface area contributed by atoms with Gasteiger partial charge in [0.2, 0.25) is 0 Å². The first-order valence-electron chi connectivity index (χ1n) is 14.0. The molecule has 13 heteroatoms. The van der Waals surface area contributed by atoms with E-state index >= 15 is 0 Å². The van der Waals surface area contributed by atoms with E-state index in [1.807, 2.05) is 6.92 Å². The Bertz CT molecular complexity index is 1980. The lowest BCUT2D eigenvalue weighted by Crippen LogP contribution is -2.42. The van der Waals surface area contributed by atoms with E-state index < -0.39 is 23.4 Å². The predicted octanol–water partition coefficient (Wildman–Crippen LogP) is 6.54. The summed E-state index contributed by atoms with van der Waals surface area (Å²) in [6, 6.07) is 17.6. The molecule has 0 radical (unpaired) electrons. The number of methoxy groups -OCH3 is 1. The van der Waals surface area contributed by atoms with E-state index in [1.165, 1.54) is 42.7 Å². The number of pyridine rings is 1. The Morgan fingerprint density at radius 3 is 2.48 bits per heavy atom. The van der Waals surface area contributed by atoms with Crippen LogP contribution in [-0.4, -0.2) is 46.0 Å². The molecule has 0 spiro atoms. The number of carbonyl (C=O) groups is 1. The van der Waals surface area contributed by atoms with E-state index in [4.69, 9.17) is 21.3 Å². The average molecular weight is 668 g/mol. The number of aliphatic hydroxyl groups is 2. The van der Waals surface area contributed by atoms with Gasteiger partial charge in [-0.25, -0.2) is 9.97 Å². The Kier molecular flexibility index (Phi) is 7.88. The fourth-order valence-electron chi connectivity index (χ4n) is 5.17. The standard InChI is InChI=1S/C33H28ClF2N3O6S/c1-17-38-28-24(43-4)12-18(13-25(28)46-17)30(40)37-16-32(42,19-8-6-5-7-9-19)26-15-20(31(2,3)41)14-22(39-26)21-10-11-23-29(27(21)34)45-33(35,36)44-23/h5-15,41-42H,16H2,1-4H3,(H,37,40)/t32-/m1/s1. The second-order valence-corrected chi connectivity index (χ2v) is 12.9. The summed E-state index contributed by atoms with van der Waals surface area (Å²) in [5.41, 5.74) is -1.29. The van der Waals surface area contributed by atoms with E-state index in [-0.39, 0.29) is 40.0 Å². The molecule has 0 fully saturated rings. The van der Waals surface area contributed by atoms with Gasteiger partial charge in [-0.1, -0.05) is 41.9 Å². The molecule has 3 aromatic carbocycles. The van der Waals surface area contributed by atoms with Gasteiger partial charge >= 0.3 is 6.29 Å². The molecule has 46 heavy (non-hydrogen) atoms. The second-order valence-electron chi connectivity index (χ2n) is 11.3. The molecule has 6 rings (SSSR count). The number of aromatic nitrogens is 2. The highest BCUT2D eigenvalue weighted by molar-refractivity contribution is 7.18. The summed E-state index contributed by atoms with van der Waals surface area (Å²) in [7, 11) is 1.50.